The van der Waals surface area contributed by atoms with E-state index in [1.807, 2.05) is 0 Å². The number of hydrogen-bond acceptors (Lipinski definition) is 9. The smallest absolute Gasteiger partial charge is 0.457 e. The first-order valence-corrected chi connectivity index (χ1v) is 29.8. The summed E-state index contributed by atoms with van der Waals surface area (Å²) in [4.78, 5) is 60.0. The highest BCUT2D eigenvalue weighted by Gasteiger charge is 2.53. The van der Waals surface area contributed by atoms with Crippen molar-refractivity contribution in [2.24, 2.45) is 0 Å². The van der Waals surface area contributed by atoms with Crippen molar-refractivity contribution in [1.82, 2.24) is 5.32 Å². The number of hydrogen-bond donors (Lipinski definition) is 4. The van der Waals surface area contributed by atoms with Gasteiger partial charge in [-0.05, 0) is 19.3 Å². The van der Waals surface area contributed by atoms with E-state index in [2.05, 4.69) is 26.1 Å². The minimum atomic E-state index is -5.21. The van der Waals surface area contributed by atoms with Crippen LogP contribution in [0.4, 0.5) is 0 Å². The predicted octanol–water partition coefficient (Wildman–Crippen LogP) is 14.6. The molecule has 1 aliphatic rings. The third-order valence-electron chi connectivity index (χ3n) is 13.4. The maximum absolute atomic E-state index is 13.5. The molecule has 0 unspecified atom stereocenters. The fourth-order valence-corrected chi connectivity index (χ4v) is 9.84. The topological polar surface area (TPSA) is 178 Å². The van der Waals surface area contributed by atoms with Crippen molar-refractivity contribution < 1.29 is 52.6 Å². The summed E-state index contributed by atoms with van der Waals surface area (Å²) in [5.74, 6) is -1.62. The Bertz CT molecular complexity index is 1220. The second-order valence-corrected chi connectivity index (χ2v) is 21.0. The molecule has 5 atom stereocenters. The fraction of sp³-hybridized carbons (Fsp3) is 0.944. The van der Waals surface area contributed by atoms with Gasteiger partial charge in [-0.3, -0.25) is 18.9 Å². The van der Waals surface area contributed by atoms with Gasteiger partial charge in [0.15, 0.2) is 6.10 Å². The van der Waals surface area contributed by atoms with Crippen LogP contribution in [0.5, 0.6) is 0 Å². The highest BCUT2D eigenvalue weighted by Crippen LogP contribution is 2.42. The van der Waals surface area contributed by atoms with Gasteiger partial charge in [-0.2, -0.15) is 0 Å². The van der Waals surface area contributed by atoms with Gasteiger partial charge < -0.3 is 34.4 Å². The largest absolute Gasteiger partial charge is 0.470 e. The molecule has 1 heterocycles. The maximum Gasteiger partial charge on any atom is 0.470 e. The molecule has 0 aliphatic carbocycles. The number of unbranched alkanes of at least 4 members (excludes halogenated alkanes) is 36. The molecular weight excluding hydrogens is 870 g/mol. The summed E-state index contributed by atoms with van der Waals surface area (Å²) in [5.41, 5.74) is 0. The van der Waals surface area contributed by atoms with Gasteiger partial charge in [-0.25, -0.2) is 4.57 Å². The molecule has 67 heavy (non-hydrogen) atoms. The number of phosphoric acid groups is 1. The van der Waals surface area contributed by atoms with E-state index < -0.39 is 62.9 Å². The summed E-state index contributed by atoms with van der Waals surface area (Å²) >= 11 is 0. The summed E-state index contributed by atoms with van der Waals surface area (Å²) in [7, 11) is -5.21. The number of ether oxygens (including phenoxy) is 3. The van der Waals surface area contributed by atoms with Gasteiger partial charge in [0.2, 0.25) is 12.2 Å². The molecule has 12 nitrogen and oxygen atoms in total. The van der Waals surface area contributed by atoms with Crippen LogP contribution in [0.2, 0.25) is 0 Å². The first kappa shape index (κ1) is 63.5. The number of esters is 2. The molecular formula is C54H104NO11P. The predicted molar refractivity (Wildman–Crippen MR) is 272 cm³/mol. The van der Waals surface area contributed by atoms with E-state index in [0.29, 0.717) is 19.3 Å². The number of nitrogens with one attached hydrogen (secondary N) is 1. The van der Waals surface area contributed by atoms with Gasteiger partial charge in [-0.15, -0.1) is 0 Å². The highest BCUT2D eigenvalue weighted by atomic mass is 31.2. The number of aliphatic hydroxyl groups is 1. The molecule has 0 aromatic rings. The molecule has 0 spiro atoms. The molecule has 1 saturated heterocycles. The molecule has 0 aromatic heterocycles. The zero-order valence-corrected chi connectivity index (χ0v) is 44.2. The normalized spacial score (nSPS) is 18.6. The molecule has 4 N–H and O–H groups in total. The Kier molecular flexibility index (Phi) is 42.0. The number of phosphoric ester groups is 1. The fourth-order valence-electron chi connectivity index (χ4n) is 9.26. The lowest BCUT2D eigenvalue weighted by Crippen LogP contribution is -2.66. The molecule has 1 amide bonds. The Balaban J connectivity index is 2.80. The molecule has 0 saturated carbocycles. The van der Waals surface area contributed by atoms with Crippen LogP contribution in [0.1, 0.15) is 290 Å². The summed E-state index contributed by atoms with van der Waals surface area (Å²) in [6, 6.07) is -1.33. The van der Waals surface area contributed by atoms with Crippen molar-refractivity contribution in [3.63, 3.8) is 0 Å². The Hall–Kier alpha value is -1.56. The van der Waals surface area contributed by atoms with Gasteiger partial charge >= 0.3 is 19.8 Å². The monoisotopic (exact) mass is 974 g/mol. The molecule has 1 fully saturated rings. The van der Waals surface area contributed by atoms with Crippen LogP contribution in [0, 0.1) is 0 Å². The van der Waals surface area contributed by atoms with Crippen LogP contribution >= 0.6 is 7.82 Å². The third kappa shape index (κ3) is 37.0. The average Bonchev–Trinajstić information content (AvgIpc) is 3.29. The lowest BCUT2D eigenvalue weighted by atomic mass is 9.96. The van der Waals surface area contributed by atoms with Crippen molar-refractivity contribution in [3.05, 3.63) is 0 Å². The Labute approximate surface area is 409 Å². The van der Waals surface area contributed by atoms with Crippen molar-refractivity contribution in [2.75, 3.05) is 6.61 Å². The van der Waals surface area contributed by atoms with Crippen molar-refractivity contribution >= 4 is 25.7 Å². The second-order valence-electron chi connectivity index (χ2n) is 19.8. The maximum atomic E-state index is 13.5. The zero-order valence-electron chi connectivity index (χ0n) is 43.3. The molecule has 13 heteroatoms. The SMILES string of the molecule is CCCCCCCCCCCCCCCCCC(=O)N[C@H]1[C@@H](OC(=O)CCCCCCCCCCCCCCCCC)O[C@H](CO)[C@@H](OP(=O)(O)O)[C@@H]1OC(=O)CCCCCCCCCCC. The van der Waals surface area contributed by atoms with Gasteiger partial charge in [0.25, 0.3) is 0 Å². The number of carbonyl (C=O) groups excluding carboxylic acids is 3. The Morgan fingerprint density at radius 2 is 0.746 bits per heavy atom. The number of carbonyl (C=O) groups is 3. The molecule has 1 aliphatic heterocycles. The first-order chi connectivity index (χ1) is 32.6. The van der Waals surface area contributed by atoms with Crippen LogP contribution in [0.25, 0.3) is 0 Å². The van der Waals surface area contributed by atoms with E-state index in [4.69, 9.17) is 18.7 Å². The van der Waals surface area contributed by atoms with E-state index in [1.54, 1.807) is 0 Å². The average molecular weight is 974 g/mol. The summed E-state index contributed by atoms with van der Waals surface area (Å²) in [6.45, 7) is 5.92. The minimum absolute atomic E-state index is 0.0447. The zero-order chi connectivity index (χ0) is 49.1. The molecule has 0 aromatic carbocycles. The summed E-state index contributed by atoms with van der Waals surface area (Å²) in [5, 5.41) is 13.2. The van der Waals surface area contributed by atoms with E-state index >= 15 is 0 Å². The van der Waals surface area contributed by atoms with Gasteiger partial charge in [0.1, 0.15) is 18.2 Å². The Morgan fingerprint density at radius 1 is 0.448 bits per heavy atom. The van der Waals surface area contributed by atoms with Crippen molar-refractivity contribution in [3.8, 4) is 0 Å². The van der Waals surface area contributed by atoms with Crippen LogP contribution in [0.3, 0.4) is 0 Å². The first-order valence-electron chi connectivity index (χ1n) is 28.2. The van der Waals surface area contributed by atoms with Gasteiger partial charge in [-0.1, -0.05) is 252 Å². The quantitative estimate of drug-likeness (QED) is 0.0259. The summed E-state index contributed by atoms with van der Waals surface area (Å²) in [6.07, 6.45) is 39.5. The molecule has 0 radical (unpaired) electrons. The van der Waals surface area contributed by atoms with Gasteiger partial charge in [0.05, 0.1) is 6.61 Å². The molecule has 0 bridgehead atoms. The summed E-state index contributed by atoms with van der Waals surface area (Å²) < 4.78 is 35.0. The second kappa shape index (κ2) is 44.4. The van der Waals surface area contributed by atoms with Gasteiger partial charge in [0, 0.05) is 19.3 Å². The van der Waals surface area contributed by atoms with Crippen molar-refractivity contribution in [2.45, 2.75) is 321 Å². The van der Waals surface area contributed by atoms with Crippen LogP contribution in [-0.2, 0) is 37.7 Å². The minimum Gasteiger partial charge on any atom is -0.457 e. The van der Waals surface area contributed by atoms with E-state index in [9.17, 15) is 33.8 Å². The van der Waals surface area contributed by atoms with E-state index in [1.165, 1.54) is 167 Å². The third-order valence-corrected chi connectivity index (χ3v) is 13.9. The lowest BCUT2D eigenvalue weighted by molar-refractivity contribution is -0.264. The van der Waals surface area contributed by atoms with Crippen LogP contribution in [0.15, 0.2) is 0 Å². The standard InChI is InChI=1S/C54H104NO11P/c1-4-7-10-13-16-19-21-23-25-27-29-32-34-37-40-43-48(57)55-51-53(64-49(58)44-41-38-35-31-18-15-12-9-6-3)52(66-67(60,61)62)47(46-56)63-54(51)65-50(59)45-42-39-36-33-30-28-26-24-22-20-17-14-11-8-5-2/h47,51-54,56H,4-46H2,1-3H3,(H,55,57)(H2,60,61,62)/t47-,51-,52-,53-,54-/m1/s1. The van der Waals surface area contributed by atoms with E-state index in [-0.39, 0.29) is 19.3 Å². The number of rotatable bonds is 48. The molecule has 1 rings (SSSR count). The van der Waals surface area contributed by atoms with Crippen molar-refractivity contribution in [1.29, 1.82) is 0 Å². The lowest BCUT2D eigenvalue weighted by Gasteiger charge is -2.44. The van der Waals surface area contributed by atoms with E-state index in [0.717, 1.165) is 64.2 Å². The number of aliphatic hydroxyl groups excluding tert-OH is 1. The Morgan fingerprint density at radius 3 is 1.06 bits per heavy atom. The molecule has 396 valence electrons. The number of amides is 1. The van der Waals surface area contributed by atoms with Crippen LogP contribution < -0.4 is 5.32 Å². The van der Waals surface area contributed by atoms with Crippen LogP contribution in [-0.4, -0.2) is 70.0 Å². The highest BCUT2D eigenvalue weighted by molar-refractivity contribution is 7.46.